The largest absolute Gasteiger partial charge is 0.472 e. The molecule has 0 aromatic carbocycles. The zero-order valence-electron chi connectivity index (χ0n) is 6.30. The molecule has 0 spiro atoms. The Morgan fingerprint density at radius 3 is 3.25 bits per heavy atom. The van der Waals surface area contributed by atoms with Gasteiger partial charge in [0.2, 0.25) is 12.6 Å². The van der Waals surface area contributed by atoms with Gasteiger partial charge in [0.25, 0.3) is 0 Å². The Kier molecular flexibility index (Phi) is 1.09. The van der Waals surface area contributed by atoms with Gasteiger partial charge in [0, 0.05) is 5.92 Å². The minimum absolute atomic E-state index is 0.163. The molecule has 0 aliphatic carbocycles. The molecule has 0 saturated carbocycles. The lowest BCUT2D eigenvalue weighted by Crippen LogP contribution is -2.16. The van der Waals surface area contributed by atoms with Crippen LogP contribution in [0.25, 0.3) is 0 Å². The normalized spacial score (nSPS) is 48.5. The lowest BCUT2D eigenvalue weighted by molar-refractivity contribution is -0.188. The SMILES string of the molecule is O=C1C[C@@H]2[C@H](O1)O[C@@H]1OC=C[C@@H]12. The fourth-order valence-electron chi connectivity index (χ4n) is 1.99. The summed E-state index contributed by atoms with van der Waals surface area (Å²) in [7, 11) is 0. The molecular weight excluding hydrogens is 160 g/mol. The molecule has 0 N–H and O–H groups in total. The molecule has 0 amide bonds. The highest BCUT2D eigenvalue weighted by Gasteiger charge is 2.52. The Balaban J connectivity index is 1.88. The predicted molar refractivity (Wildman–Crippen MR) is 36.6 cm³/mol. The van der Waals surface area contributed by atoms with Gasteiger partial charge in [-0.2, -0.15) is 0 Å². The van der Waals surface area contributed by atoms with Crippen molar-refractivity contribution in [1.82, 2.24) is 0 Å². The van der Waals surface area contributed by atoms with Gasteiger partial charge in [-0.25, -0.2) is 0 Å². The second kappa shape index (κ2) is 2.01. The highest BCUT2D eigenvalue weighted by atomic mass is 16.8. The quantitative estimate of drug-likeness (QED) is 0.491. The average molecular weight is 168 g/mol. The van der Waals surface area contributed by atoms with Gasteiger partial charge in [-0.1, -0.05) is 0 Å². The molecule has 0 bridgehead atoms. The van der Waals surface area contributed by atoms with Crippen LogP contribution < -0.4 is 0 Å². The summed E-state index contributed by atoms with van der Waals surface area (Å²) in [6, 6.07) is 0. The zero-order chi connectivity index (χ0) is 8.13. The van der Waals surface area contributed by atoms with Crippen molar-refractivity contribution in [3.05, 3.63) is 12.3 Å². The van der Waals surface area contributed by atoms with Gasteiger partial charge in [-0.15, -0.1) is 0 Å². The van der Waals surface area contributed by atoms with Gasteiger partial charge >= 0.3 is 5.97 Å². The third-order valence-electron chi connectivity index (χ3n) is 2.59. The van der Waals surface area contributed by atoms with Crippen LogP contribution in [0, 0.1) is 11.8 Å². The molecule has 2 fully saturated rings. The third kappa shape index (κ3) is 0.679. The van der Waals surface area contributed by atoms with Crippen LogP contribution in [-0.4, -0.2) is 18.5 Å². The van der Waals surface area contributed by atoms with E-state index in [0.29, 0.717) is 6.42 Å². The Hall–Kier alpha value is -1.03. The summed E-state index contributed by atoms with van der Waals surface area (Å²) in [5, 5.41) is 0. The molecule has 4 atom stereocenters. The van der Waals surface area contributed by atoms with Crippen LogP contribution in [0.4, 0.5) is 0 Å². The van der Waals surface area contributed by atoms with E-state index in [2.05, 4.69) is 0 Å². The average Bonchev–Trinajstić information content (AvgIpc) is 2.59. The third-order valence-corrected chi connectivity index (χ3v) is 2.59. The summed E-state index contributed by atoms with van der Waals surface area (Å²) in [6.45, 7) is 0. The number of ether oxygens (including phenoxy) is 3. The maximum atomic E-state index is 10.9. The van der Waals surface area contributed by atoms with Crippen molar-refractivity contribution in [2.24, 2.45) is 11.8 Å². The van der Waals surface area contributed by atoms with E-state index in [1.807, 2.05) is 6.08 Å². The lowest BCUT2D eigenvalue weighted by Gasteiger charge is -2.09. The van der Waals surface area contributed by atoms with E-state index >= 15 is 0 Å². The van der Waals surface area contributed by atoms with Crippen LogP contribution in [0.5, 0.6) is 0 Å². The molecule has 3 aliphatic rings. The van der Waals surface area contributed by atoms with Gasteiger partial charge in [0.1, 0.15) is 0 Å². The van der Waals surface area contributed by atoms with Crippen LogP contribution in [0.2, 0.25) is 0 Å². The van der Waals surface area contributed by atoms with Crippen LogP contribution in [0.15, 0.2) is 12.3 Å². The first kappa shape index (κ1) is 6.48. The minimum atomic E-state index is -0.363. The maximum Gasteiger partial charge on any atom is 0.308 e. The molecule has 2 saturated heterocycles. The molecule has 4 heteroatoms. The molecule has 3 aliphatic heterocycles. The first-order valence-corrected chi connectivity index (χ1v) is 4.02. The number of carbonyl (C=O) groups excluding carboxylic acids is 1. The van der Waals surface area contributed by atoms with Crippen LogP contribution in [0.3, 0.4) is 0 Å². The number of hydrogen-bond acceptors (Lipinski definition) is 4. The van der Waals surface area contributed by atoms with E-state index < -0.39 is 0 Å². The molecule has 4 nitrogen and oxygen atoms in total. The van der Waals surface area contributed by atoms with Crippen molar-refractivity contribution < 1.29 is 19.0 Å². The van der Waals surface area contributed by atoms with Gasteiger partial charge < -0.3 is 14.2 Å². The van der Waals surface area contributed by atoms with Gasteiger partial charge in [-0.3, -0.25) is 4.79 Å². The molecule has 0 aromatic rings. The molecular formula is C8H8O4. The zero-order valence-corrected chi connectivity index (χ0v) is 6.30. The Morgan fingerprint density at radius 2 is 2.33 bits per heavy atom. The summed E-state index contributed by atoms with van der Waals surface area (Å²) in [6.07, 6.45) is 3.45. The number of carbonyl (C=O) groups is 1. The standard InChI is InChI=1S/C8H8O4/c9-6-3-5-4-1-2-10-7(4)12-8(5)11-6/h1-2,4-5,7-8H,3H2/t4-,5+,7+,8-/m1/s1. The summed E-state index contributed by atoms with van der Waals surface area (Å²) in [5.41, 5.74) is 0. The fourth-order valence-corrected chi connectivity index (χ4v) is 1.99. The molecule has 0 unspecified atom stereocenters. The molecule has 3 rings (SSSR count). The topological polar surface area (TPSA) is 44.8 Å². The number of esters is 1. The molecule has 0 radical (unpaired) electrons. The van der Waals surface area contributed by atoms with E-state index in [4.69, 9.17) is 14.2 Å². The number of rotatable bonds is 0. The molecule has 12 heavy (non-hydrogen) atoms. The predicted octanol–water partition coefficient (Wildman–Crippen LogP) is 0.392. The van der Waals surface area contributed by atoms with E-state index in [0.717, 1.165) is 0 Å². The molecule has 0 aromatic heterocycles. The highest BCUT2D eigenvalue weighted by molar-refractivity contribution is 5.72. The number of fused-ring (bicyclic) bond motifs is 3. The lowest BCUT2D eigenvalue weighted by atomic mass is 9.93. The van der Waals surface area contributed by atoms with Gasteiger partial charge in [0.15, 0.2) is 0 Å². The Morgan fingerprint density at radius 1 is 1.42 bits per heavy atom. The van der Waals surface area contributed by atoms with Crippen molar-refractivity contribution in [3.8, 4) is 0 Å². The van der Waals surface area contributed by atoms with E-state index in [-0.39, 0.29) is 30.4 Å². The summed E-state index contributed by atoms with van der Waals surface area (Å²) >= 11 is 0. The van der Waals surface area contributed by atoms with E-state index in [1.54, 1.807) is 6.26 Å². The van der Waals surface area contributed by atoms with Gasteiger partial charge in [-0.05, 0) is 6.08 Å². The van der Waals surface area contributed by atoms with Crippen LogP contribution in [-0.2, 0) is 19.0 Å². The first-order chi connectivity index (χ1) is 5.84. The summed E-state index contributed by atoms with van der Waals surface area (Å²) in [4.78, 5) is 10.9. The van der Waals surface area contributed by atoms with Crippen molar-refractivity contribution in [2.75, 3.05) is 0 Å². The van der Waals surface area contributed by atoms with Crippen molar-refractivity contribution in [1.29, 1.82) is 0 Å². The van der Waals surface area contributed by atoms with Gasteiger partial charge in [0.05, 0.1) is 18.6 Å². The maximum absolute atomic E-state index is 10.9. The number of hydrogen-bond donors (Lipinski definition) is 0. The molecule has 3 heterocycles. The van der Waals surface area contributed by atoms with Crippen LogP contribution >= 0.6 is 0 Å². The summed E-state index contributed by atoms with van der Waals surface area (Å²) < 4.78 is 15.5. The van der Waals surface area contributed by atoms with Crippen molar-refractivity contribution in [3.63, 3.8) is 0 Å². The Labute approximate surface area is 69.1 Å². The fraction of sp³-hybridized carbons (Fsp3) is 0.625. The van der Waals surface area contributed by atoms with Crippen LogP contribution in [0.1, 0.15) is 6.42 Å². The minimum Gasteiger partial charge on any atom is -0.472 e. The molecule has 64 valence electrons. The second-order valence-corrected chi connectivity index (χ2v) is 3.27. The van der Waals surface area contributed by atoms with E-state index in [1.165, 1.54) is 0 Å². The monoisotopic (exact) mass is 168 g/mol. The second-order valence-electron chi connectivity index (χ2n) is 3.27. The first-order valence-electron chi connectivity index (χ1n) is 4.02. The Bertz CT molecular complexity index is 260. The van der Waals surface area contributed by atoms with E-state index in [9.17, 15) is 4.79 Å². The smallest absolute Gasteiger partial charge is 0.308 e. The van der Waals surface area contributed by atoms with Crippen molar-refractivity contribution in [2.45, 2.75) is 19.0 Å². The highest BCUT2D eigenvalue weighted by Crippen LogP contribution is 2.43. The van der Waals surface area contributed by atoms with Crippen molar-refractivity contribution >= 4 is 5.97 Å². The summed E-state index contributed by atoms with van der Waals surface area (Å²) in [5.74, 6) is 0.214.